The van der Waals surface area contributed by atoms with Crippen molar-refractivity contribution in [3.8, 4) is 0 Å². The van der Waals surface area contributed by atoms with Crippen LogP contribution < -0.4 is 5.73 Å². The van der Waals surface area contributed by atoms with Crippen molar-refractivity contribution in [3.63, 3.8) is 0 Å². The van der Waals surface area contributed by atoms with E-state index >= 15 is 0 Å². The van der Waals surface area contributed by atoms with E-state index in [-0.39, 0.29) is 0 Å². The number of hydrogen-bond donors (Lipinski definition) is 1. The zero-order valence-electron chi connectivity index (χ0n) is 9.95. The first-order chi connectivity index (χ1) is 8.33. The number of para-hydroxylation sites is 1. The minimum absolute atomic E-state index is 0.692. The topological polar surface area (TPSA) is 50.7 Å². The van der Waals surface area contributed by atoms with Gasteiger partial charge in [-0.15, -0.1) is 0 Å². The number of anilines is 1. The molecule has 2 aromatic carbocycles. The van der Waals surface area contributed by atoms with Crippen LogP contribution in [0.25, 0.3) is 0 Å². The molecule has 0 radical (unpaired) electrons. The molecule has 88 valence electrons. The average Bonchev–Trinajstić information content (AvgIpc) is 2.39. The Morgan fingerprint density at radius 2 is 1.41 bits per heavy atom. The molecule has 0 aromatic heterocycles. The van der Waals surface area contributed by atoms with E-state index in [2.05, 4.69) is 10.2 Å². The van der Waals surface area contributed by atoms with Gasteiger partial charge >= 0.3 is 0 Å². The molecule has 17 heavy (non-hydrogen) atoms. The highest BCUT2D eigenvalue weighted by Gasteiger charge is 1.84. The van der Waals surface area contributed by atoms with Crippen LogP contribution in [0.1, 0.15) is 5.56 Å². The summed E-state index contributed by atoms with van der Waals surface area (Å²) in [4.78, 5) is 0. The Hall–Kier alpha value is -2.16. The van der Waals surface area contributed by atoms with E-state index in [0.717, 1.165) is 5.69 Å². The van der Waals surface area contributed by atoms with E-state index < -0.39 is 0 Å². The molecule has 0 unspecified atom stereocenters. The molecule has 0 aliphatic rings. The van der Waals surface area contributed by atoms with Gasteiger partial charge in [-0.1, -0.05) is 48.5 Å². The van der Waals surface area contributed by atoms with Crippen LogP contribution in [0.4, 0.5) is 5.69 Å². The zero-order chi connectivity index (χ0) is 12.3. The first-order valence-electron chi connectivity index (χ1n) is 5.43. The fraction of sp³-hybridized carbons (Fsp3) is 0.143. The molecule has 3 nitrogen and oxygen atoms in total. The number of nitrogens with two attached hydrogens (primary N) is 1. The molecule has 0 amide bonds. The lowest BCUT2D eigenvalue weighted by Crippen LogP contribution is -1.79. The highest BCUT2D eigenvalue weighted by Crippen LogP contribution is 1.99. The molecule has 0 saturated heterocycles. The third-order valence-corrected chi connectivity index (χ3v) is 2.04. The molecule has 3 heteroatoms. The van der Waals surface area contributed by atoms with Gasteiger partial charge in [-0.3, -0.25) is 0 Å². The SMILES string of the molecule is CN=NCc1ccccc1.Nc1ccccc1. The second-order valence-corrected chi connectivity index (χ2v) is 3.40. The quantitative estimate of drug-likeness (QED) is 0.619. The lowest BCUT2D eigenvalue weighted by atomic mass is 10.2. The third-order valence-electron chi connectivity index (χ3n) is 2.04. The predicted molar refractivity (Wildman–Crippen MR) is 71.8 cm³/mol. The van der Waals surface area contributed by atoms with Gasteiger partial charge in [-0.25, -0.2) is 0 Å². The van der Waals surface area contributed by atoms with Crippen molar-refractivity contribution < 1.29 is 0 Å². The third kappa shape index (κ3) is 6.10. The van der Waals surface area contributed by atoms with Gasteiger partial charge in [0.2, 0.25) is 0 Å². The Balaban J connectivity index is 0.000000181. The van der Waals surface area contributed by atoms with Gasteiger partial charge in [0, 0.05) is 12.7 Å². The van der Waals surface area contributed by atoms with Crippen LogP contribution in [-0.4, -0.2) is 7.05 Å². The van der Waals surface area contributed by atoms with Gasteiger partial charge in [0.25, 0.3) is 0 Å². The summed E-state index contributed by atoms with van der Waals surface area (Å²) >= 11 is 0. The Morgan fingerprint density at radius 3 is 1.82 bits per heavy atom. The average molecular weight is 227 g/mol. The summed E-state index contributed by atoms with van der Waals surface area (Å²) < 4.78 is 0. The summed E-state index contributed by atoms with van der Waals surface area (Å²) in [6.07, 6.45) is 0. The Bertz CT molecular complexity index is 424. The van der Waals surface area contributed by atoms with Gasteiger partial charge in [0.15, 0.2) is 0 Å². The Morgan fingerprint density at radius 1 is 0.882 bits per heavy atom. The van der Waals surface area contributed by atoms with E-state index in [1.807, 2.05) is 60.7 Å². The van der Waals surface area contributed by atoms with Crippen LogP contribution >= 0.6 is 0 Å². The highest BCUT2D eigenvalue weighted by atomic mass is 15.1. The molecule has 0 heterocycles. The number of azo groups is 1. The van der Waals surface area contributed by atoms with E-state index in [1.165, 1.54) is 5.56 Å². The summed E-state index contributed by atoms with van der Waals surface area (Å²) in [5, 5.41) is 7.52. The summed E-state index contributed by atoms with van der Waals surface area (Å²) in [5.74, 6) is 0. The summed E-state index contributed by atoms with van der Waals surface area (Å²) in [6.45, 7) is 0.692. The fourth-order valence-corrected chi connectivity index (χ4v) is 1.19. The minimum atomic E-state index is 0.692. The standard InChI is InChI=1S/C8H10N2.C6H7N/c1-9-10-7-8-5-3-2-4-6-8;7-6-4-2-1-3-5-6/h2-6H,7H2,1H3;1-5H,7H2. The van der Waals surface area contributed by atoms with Crippen molar-refractivity contribution in [2.75, 3.05) is 12.8 Å². The molecule has 0 aliphatic heterocycles. The monoisotopic (exact) mass is 227 g/mol. The van der Waals surface area contributed by atoms with Crippen LogP contribution in [-0.2, 0) is 6.54 Å². The number of nitrogens with zero attached hydrogens (tertiary/aromatic N) is 2. The molecule has 0 bridgehead atoms. The lowest BCUT2D eigenvalue weighted by Gasteiger charge is -1.91. The van der Waals surface area contributed by atoms with E-state index in [4.69, 9.17) is 5.73 Å². The highest BCUT2D eigenvalue weighted by molar-refractivity contribution is 5.35. The maximum absolute atomic E-state index is 5.36. The number of nitrogen functional groups attached to an aromatic ring is 1. The second-order valence-electron chi connectivity index (χ2n) is 3.40. The van der Waals surface area contributed by atoms with E-state index in [0.29, 0.717) is 6.54 Å². The first kappa shape index (κ1) is 12.9. The normalized spacial score (nSPS) is 9.71. The molecule has 2 N–H and O–H groups in total. The van der Waals surface area contributed by atoms with Crippen molar-refractivity contribution >= 4 is 5.69 Å². The first-order valence-corrected chi connectivity index (χ1v) is 5.43. The van der Waals surface area contributed by atoms with Gasteiger partial charge in [0.05, 0.1) is 6.54 Å². The predicted octanol–water partition coefficient (Wildman–Crippen LogP) is 3.54. The summed E-state index contributed by atoms with van der Waals surface area (Å²) in [5.41, 5.74) is 7.38. The van der Waals surface area contributed by atoms with Crippen molar-refractivity contribution in [1.29, 1.82) is 0 Å². The molecule has 2 aromatic rings. The van der Waals surface area contributed by atoms with E-state index in [9.17, 15) is 0 Å². The van der Waals surface area contributed by atoms with Crippen molar-refractivity contribution in [1.82, 2.24) is 0 Å². The number of hydrogen-bond acceptors (Lipinski definition) is 3. The van der Waals surface area contributed by atoms with E-state index in [1.54, 1.807) is 7.05 Å². The Labute approximate surface area is 102 Å². The van der Waals surface area contributed by atoms with Crippen molar-refractivity contribution in [3.05, 3.63) is 66.2 Å². The maximum Gasteiger partial charge on any atom is 0.0849 e. The van der Waals surface area contributed by atoms with Gasteiger partial charge in [0.1, 0.15) is 0 Å². The van der Waals surface area contributed by atoms with Gasteiger partial charge < -0.3 is 5.73 Å². The molecule has 2 rings (SSSR count). The number of benzene rings is 2. The molecule has 0 atom stereocenters. The Kier molecular flexibility index (Phi) is 6.11. The molecular formula is C14H17N3. The zero-order valence-corrected chi connectivity index (χ0v) is 9.95. The van der Waals surface area contributed by atoms with Crippen LogP contribution in [0.3, 0.4) is 0 Å². The number of rotatable bonds is 2. The summed E-state index contributed by atoms with van der Waals surface area (Å²) in [6, 6.07) is 19.6. The van der Waals surface area contributed by atoms with Crippen LogP contribution in [0.15, 0.2) is 70.9 Å². The largest absolute Gasteiger partial charge is 0.399 e. The molecule has 0 spiro atoms. The molecule has 0 saturated carbocycles. The molecular weight excluding hydrogens is 210 g/mol. The molecule has 0 aliphatic carbocycles. The van der Waals surface area contributed by atoms with Crippen LogP contribution in [0, 0.1) is 0 Å². The van der Waals surface area contributed by atoms with Crippen molar-refractivity contribution in [2.24, 2.45) is 10.2 Å². The fourth-order valence-electron chi connectivity index (χ4n) is 1.19. The van der Waals surface area contributed by atoms with Crippen LogP contribution in [0.2, 0.25) is 0 Å². The van der Waals surface area contributed by atoms with Gasteiger partial charge in [-0.05, 0) is 17.7 Å². The van der Waals surface area contributed by atoms with Crippen LogP contribution in [0.5, 0.6) is 0 Å². The molecule has 0 fully saturated rings. The lowest BCUT2D eigenvalue weighted by molar-refractivity contribution is 0.934. The second kappa shape index (κ2) is 8.05. The van der Waals surface area contributed by atoms with Crippen molar-refractivity contribution in [2.45, 2.75) is 6.54 Å². The minimum Gasteiger partial charge on any atom is -0.399 e. The van der Waals surface area contributed by atoms with Gasteiger partial charge in [-0.2, -0.15) is 10.2 Å². The maximum atomic E-state index is 5.36. The summed E-state index contributed by atoms with van der Waals surface area (Å²) in [7, 11) is 1.68. The smallest absolute Gasteiger partial charge is 0.0849 e.